The van der Waals surface area contributed by atoms with Crippen molar-refractivity contribution in [3.05, 3.63) is 47.2 Å². The largest absolute Gasteiger partial charge is 0.464 e. The molecule has 0 unspecified atom stereocenters. The lowest BCUT2D eigenvalue weighted by molar-refractivity contribution is -0.150. The normalized spacial score (nSPS) is 22.6. The molecule has 126 valence electrons. The fraction of sp³-hybridized carbons (Fsp3) is 0.312. The maximum absolute atomic E-state index is 12.5. The lowest BCUT2D eigenvalue weighted by atomic mass is 10.0. The molecule has 0 saturated carbocycles. The minimum atomic E-state index is -0.667. The maximum Gasteiger partial charge on any atom is 0.354 e. The molecule has 8 heteroatoms. The fourth-order valence-electron chi connectivity index (χ4n) is 2.69. The number of fused-ring (bicyclic) bond motifs is 1. The van der Waals surface area contributed by atoms with Gasteiger partial charge in [0.25, 0.3) is 11.8 Å². The highest BCUT2D eigenvalue weighted by atomic mass is 35.5. The molecule has 0 aromatic heterocycles. The van der Waals surface area contributed by atoms with Gasteiger partial charge in [0, 0.05) is 17.2 Å². The van der Waals surface area contributed by atoms with Gasteiger partial charge >= 0.3 is 5.97 Å². The third-order valence-corrected chi connectivity index (χ3v) is 5.57. The summed E-state index contributed by atoms with van der Waals surface area (Å²) in [6.45, 7) is 0. The van der Waals surface area contributed by atoms with E-state index in [1.54, 1.807) is 24.3 Å². The molecule has 6 nitrogen and oxygen atoms in total. The molecular formula is C16H15ClN2O4S. The molecule has 1 aromatic rings. The Morgan fingerprint density at radius 2 is 2.08 bits per heavy atom. The van der Waals surface area contributed by atoms with Gasteiger partial charge in [0.1, 0.15) is 17.1 Å². The molecule has 1 N–H and O–H groups in total. The molecule has 24 heavy (non-hydrogen) atoms. The molecule has 2 aliphatic heterocycles. The van der Waals surface area contributed by atoms with Crippen molar-refractivity contribution in [2.45, 2.75) is 11.4 Å². The van der Waals surface area contributed by atoms with Crippen LogP contribution in [-0.2, 0) is 14.3 Å². The number of nitrogens with zero attached hydrogens (tertiary/aromatic N) is 1. The van der Waals surface area contributed by atoms with E-state index in [1.807, 2.05) is 6.07 Å². The van der Waals surface area contributed by atoms with E-state index in [9.17, 15) is 14.4 Å². The summed E-state index contributed by atoms with van der Waals surface area (Å²) < 4.78 is 4.76. The van der Waals surface area contributed by atoms with Crippen LogP contribution in [0.15, 0.2) is 41.6 Å². The number of alkyl halides is 1. The Balaban J connectivity index is 1.78. The number of β-lactam (4-membered cyclic amide) rings is 1. The van der Waals surface area contributed by atoms with Crippen LogP contribution in [0.2, 0.25) is 0 Å². The number of nitrogens with one attached hydrogen (secondary N) is 1. The van der Waals surface area contributed by atoms with E-state index < -0.39 is 12.0 Å². The van der Waals surface area contributed by atoms with Crippen molar-refractivity contribution in [1.82, 2.24) is 10.2 Å². The number of methoxy groups -OCH3 is 1. The molecule has 2 aliphatic rings. The molecule has 2 heterocycles. The van der Waals surface area contributed by atoms with Gasteiger partial charge in [0.15, 0.2) is 0 Å². The second kappa shape index (κ2) is 6.86. The number of hydrogen-bond donors (Lipinski definition) is 1. The number of carbonyl (C=O) groups excluding carboxylic acids is 3. The van der Waals surface area contributed by atoms with Gasteiger partial charge in [-0.1, -0.05) is 18.2 Å². The Morgan fingerprint density at radius 1 is 1.38 bits per heavy atom. The first-order chi connectivity index (χ1) is 11.6. The van der Waals surface area contributed by atoms with Crippen LogP contribution in [0, 0.1) is 0 Å². The molecule has 1 fully saturated rings. The number of amides is 2. The van der Waals surface area contributed by atoms with Crippen LogP contribution in [0.1, 0.15) is 10.4 Å². The third-order valence-electron chi connectivity index (χ3n) is 3.91. The first kappa shape index (κ1) is 16.9. The first-order valence-corrected chi connectivity index (χ1v) is 8.83. The summed E-state index contributed by atoms with van der Waals surface area (Å²) >= 11 is 7.34. The standard InChI is InChI=1S/C16H15ClN2O4S/c1-23-16(22)12-10(7-17)8-24-15-11(14(21)19(12)15)18-13(20)9-5-3-2-4-6-9/h2-6,11,15H,7-8H2,1H3,(H,18,20)/t11-,15-/m1/s1. The van der Waals surface area contributed by atoms with E-state index in [0.29, 0.717) is 16.9 Å². The number of hydrogen-bond acceptors (Lipinski definition) is 5. The van der Waals surface area contributed by atoms with Crippen molar-refractivity contribution in [3.8, 4) is 0 Å². The van der Waals surface area contributed by atoms with Crippen molar-refractivity contribution in [2.24, 2.45) is 0 Å². The average Bonchev–Trinajstić information content (AvgIpc) is 2.64. The van der Waals surface area contributed by atoms with E-state index >= 15 is 0 Å². The van der Waals surface area contributed by atoms with E-state index in [4.69, 9.17) is 16.3 Å². The molecule has 0 radical (unpaired) electrons. The van der Waals surface area contributed by atoms with Gasteiger partial charge in [-0.05, 0) is 17.7 Å². The number of rotatable bonds is 4. The predicted octanol–water partition coefficient (Wildman–Crippen LogP) is 1.37. The van der Waals surface area contributed by atoms with Crippen LogP contribution >= 0.6 is 23.4 Å². The zero-order chi connectivity index (χ0) is 17.3. The highest BCUT2D eigenvalue weighted by molar-refractivity contribution is 8.00. The second-order valence-electron chi connectivity index (χ2n) is 5.30. The van der Waals surface area contributed by atoms with Crippen molar-refractivity contribution < 1.29 is 19.1 Å². The molecule has 0 bridgehead atoms. The Hall–Kier alpha value is -1.99. The van der Waals surface area contributed by atoms with Crippen LogP contribution in [0.4, 0.5) is 0 Å². The van der Waals surface area contributed by atoms with Crippen LogP contribution in [0.25, 0.3) is 0 Å². The summed E-state index contributed by atoms with van der Waals surface area (Å²) in [6.07, 6.45) is 0. The summed E-state index contributed by atoms with van der Waals surface area (Å²) in [5.41, 5.74) is 1.34. The summed E-state index contributed by atoms with van der Waals surface area (Å²) in [4.78, 5) is 38.1. The van der Waals surface area contributed by atoms with Crippen molar-refractivity contribution in [1.29, 1.82) is 0 Å². The quantitative estimate of drug-likeness (QED) is 0.495. The minimum Gasteiger partial charge on any atom is -0.464 e. The molecule has 2 atom stereocenters. The zero-order valence-corrected chi connectivity index (χ0v) is 14.4. The zero-order valence-electron chi connectivity index (χ0n) is 12.8. The predicted molar refractivity (Wildman–Crippen MR) is 90.6 cm³/mol. The van der Waals surface area contributed by atoms with Gasteiger partial charge in [-0.15, -0.1) is 23.4 Å². The maximum atomic E-state index is 12.5. The van der Waals surface area contributed by atoms with Gasteiger partial charge in [0.2, 0.25) is 0 Å². The van der Waals surface area contributed by atoms with Crippen molar-refractivity contribution in [2.75, 3.05) is 18.7 Å². The van der Waals surface area contributed by atoms with E-state index in [-0.39, 0.29) is 28.8 Å². The molecular weight excluding hydrogens is 352 g/mol. The number of thioether (sulfide) groups is 1. The SMILES string of the molecule is COC(=O)C1=C(CCl)CS[C@@H]2[C@H](NC(=O)c3ccccc3)C(=O)N12. The van der Waals surface area contributed by atoms with E-state index in [2.05, 4.69) is 5.32 Å². The van der Waals surface area contributed by atoms with Gasteiger partial charge < -0.3 is 10.1 Å². The van der Waals surface area contributed by atoms with Crippen LogP contribution < -0.4 is 5.32 Å². The molecule has 0 spiro atoms. The Morgan fingerprint density at radius 3 is 2.71 bits per heavy atom. The Bertz CT molecular complexity index is 722. The monoisotopic (exact) mass is 366 g/mol. The van der Waals surface area contributed by atoms with Crippen molar-refractivity contribution in [3.63, 3.8) is 0 Å². The third kappa shape index (κ3) is 2.78. The highest BCUT2D eigenvalue weighted by Gasteiger charge is 2.54. The molecule has 2 amide bonds. The minimum absolute atomic E-state index is 0.148. The lowest BCUT2D eigenvalue weighted by Gasteiger charge is -2.49. The smallest absolute Gasteiger partial charge is 0.354 e. The fourth-order valence-corrected chi connectivity index (χ4v) is 4.36. The summed E-state index contributed by atoms with van der Waals surface area (Å²) in [5, 5.41) is 2.41. The van der Waals surface area contributed by atoms with Crippen LogP contribution in [-0.4, -0.2) is 52.8 Å². The summed E-state index contributed by atoms with van der Waals surface area (Å²) in [7, 11) is 1.26. The number of ether oxygens (including phenoxy) is 1. The number of benzene rings is 1. The van der Waals surface area contributed by atoms with Gasteiger partial charge in [-0.3, -0.25) is 14.5 Å². The van der Waals surface area contributed by atoms with E-state index in [0.717, 1.165) is 0 Å². The Kier molecular flexibility index (Phi) is 4.82. The number of carbonyl (C=O) groups is 3. The Labute approximate surface area is 148 Å². The topological polar surface area (TPSA) is 75.7 Å². The van der Waals surface area contributed by atoms with Gasteiger partial charge in [0.05, 0.1) is 7.11 Å². The van der Waals surface area contributed by atoms with Crippen molar-refractivity contribution >= 4 is 41.1 Å². The number of halogens is 1. The first-order valence-electron chi connectivity index (χ1n) is 7.25. The lowest BCUT2D eigenvalue weighted by Crippen LogP contribution is -2.70. The molecule has 0 aliphatic carbocycles. The molecule has 3 rings (SSSR count). The molecule has 1 saturated heterocycles. The van der Waals surface area contributed by atoms with Crippen LogP contribution in [0.5, 0.6) is 0 Å². The highest BCUT2D eigenvalue weighted by Crippen LogP contribution is 2.40. The second-order valence-corrected chi connectivity index (χ2v) is 6.68. The number of esters is 1. The summed E-state index contributed by atoms with van der Waals surface area (Å²) in [6, 6.07) is 8.00. The van der Waals surface area contributed by atoms with Gasteiger partial charge in [-0.25, -0.2) is 4.79 Å². The van der Waals surface area contributed by atoms with Gasteiger partial charge in [-0.2, -0.15) is 0 Å². The van der Waals surface area contributed by atoms with E-state index in [1.165, 1.54) is 23.8 Å². The average molecular weight is 367 g/mol. The molecule has 1 aromatic carbocycles. The summed E-state index contributed by atoms with van der Waals surface area (Å²) in [5.74, 6) is -0.577. The van der Waals surface area contributed by atoms with Crippen LogP contribution in [0.3, 0.4) is 0 Å².